The molecule has 0 aliphatic carbocycles. The Hall–Kier alpha value is -1.68. The van der Waals surface area contributed by atoms with E-state index >= 15 is 0 Å². The molecule has 0 aliphatic heterocycles. The molecular formula is C16H20NO4P. The number of hydrogen-bond acceptors (Lipinski definition) is 2. The Morgan fingerprint density at radius 1 is 1.14 bits per heavy atom. The van der Waals surface area contributed by atoms with Gasteiger partial charge in [-0.05, 0) is 35.2 Å². The smallest absolute Gasteiger partial charge is 0.325 e. The van der Waals surface area contributed by atoms with Crippen LogP contribution < -0.4 is 5.32 Å². The molecule has 1 atom stereocenters. The van der Waals surface area contributed by atoms with Crippen molar-refractivity contribution in [2.45, 2.75) is 25.9 Å². The van der Waals surface area contributed by atoms with Crippen LogP contribution in [-0.4, -0.2) is 21.4 Å². The molecule has 1 amide bonds. The minimum absolute atomic E-state index is 0.0139. The third-order valence-electron chi connectivity index (χ3n) is 3.42. The molecule has 0 radical (unpaired) electrons. The van der Waals surface area contributed by atoms with Gasteiger partial charge >= 0.3 is 7.60 Å². The van der Waals surface area contributed by atoms with Crippen LogP contribution in [0, 0.1) is 5.92 Å². The van der Waals surface area contributed by atoms with E-state index in [0.29, 0.717) is 5.69 Å². The molecule has 0 saturated carbocycles. The van der Waals surface area contributed by atoms with Gasteiger partial charge in [-0.25, -0.2) is 0 Å². The molecule has 0 heterocycles. The van der Waals surface area contributed by atoms with Crippen LogP contribution >= 0.6 is 7.60 Å². The summed E-state index contributed by atoms with van der Waals surface area (Å²) in [6.07, 6.45) is 0.143. The fourth-order valence-electron chi connectivity index (χ4n) is 2.34. The minimum atomic E-state index is -4.48. The lowest BCUT2D eigenvalue weighted by Crippen LogP contribution is -2.29. The quantitative estimate of drug-likeness (QED) is 0.737. The molecule has 6 heteroatoms. The first-order chi connectivity index (χ1) is 10.3. The number of hydrogen-bond donors (Lipinski definition) is 3. The van der Waals surface area contributed by atoms with Crippen LogP contribution in [0.25, 0.3) is 10.8 Å². The van der Waals surface area contributed by atoms with Crippen molar-refractivity contribution in [3.05, 3.63) is 42.5 Å². The maximum atomic E-state index is 12.2. The van der Waals surface area contributed by atoms with Gasteiger partial charge in [0.05, 0.1) is 0 Å². The van der Waals surface area contributed by atoms with Gasteiger partial charge in [-0.1, -0.05) is 44.2 Å². The van der Waals surface area contributed by atoms with Crippen LogP contribution in [0.3, 0.4) is 0 Å². The molecule has 0 aliphatic rings. The average Bonchev–Trinajstić information content (AvgIpc) is 2.43. The summed E-state index contributed by atoms with van der Waals surface area (Å²) in [6, 6.07) is 13.1. The number of fused-ring (bicyclic) bond motifs is 1. The zero-order valence-corrected chi connectivity index (χ0v) is 13.5. The Balaban J connectivity index is 2.22. The Kier molecular flexibility index (Phi) is 5.01. The first-order valence-corrected chi connectivity index (χ1v) is 8.80. The summed E-state index contributed by atoms with van der Waals surface area (Å²) in [5.74, 6) is -0.628. The summed E-state index contributed by atoms with van der Waals surface area (Å²) in [7, 11) is -4.48. The molecular weight excluding hydrogens is 301 g/mol. The highest BCUT2D eigenvalue weighted by molar-refractivity contribution is 7.53. The molecule has 3 N–H and O–H groups in total. The van der Waals surface area contributed by atoms with Crippen LogP contribution in [0.4, 0.5) is 5.69 Å². The number of carbonyl (C=O) groups excluding carboxylic acids is 1. The van der Waals surface area contributed by atoms with Crippen molar-refractivity contribution < 1.29 is 19.1 Å². The molecule has 22 heavy (non-hydrogen) atoms. The van der Waals surface area contributed by atoms with Gasteiger partial charge < -0.3 is 15.1 Å². The number of nitrogens with one attached hydrogen (secondary N) is 1. The van der Waals surface area contributed by atoms with Gasteiger partial charge in [0.25, 0.3) is 0 Å². The second kappa shape index (κ2) is 6.61. The van der Waals surface area contributed by atoms with E-state index < -0.39 is 19.2 Å². The Labute approximate surface area is 129 Å². The standard InChI is InChI=1S/C16H20NO4P/c1-11(2)9-15(22(19,20)21)16(18)17-14-8-7-12-5-3-4-6-13(12)10-14/h3-8,10-11,15H,9H2,1-2H3,(H,17,18)(H2,19,20,21). The summed E-state index contributed by atoms with van der Waals surface area (Å²) in [6.45, 7) is 3.65. The number of benzene rings is 2. The van der Waals surface area contributed by atoms with E-state index in [1.54, 1.807) is 12.1 Å². The topological polar surface area (TPSA) is 86.6 Å². The van der Waals surface area contributed by atoms with Gasteiger partial charge in [-0.2, -0.15) is 0 Å². The maximum Gasteiger partial charge on any atom is 0.337 e. The predicted molar refractivity (Wildman–Crippen MR) is 87.9 cm³/mol. The normalized spacial score (nSPS) is 13.3. The fraction of sp³-hybridized carbons (Fsp3) is 0.312. The van der Waals surface area contributed by atoms with E-state index in [2.05, 4.69) is 5.32 Å². The van der Waals surface area contributed by atoms with Crippen molar-refractivity contribution in [2.75, 3.05) is 5.32 Å². The highest BCUT2D eigenvalue weighted by Gasteiger charge is 2.36. The first-order valence-electron chi connectivity index (χ1n) is 7.12. The monoisotopic (exact) mass is 321 g/mol. The molecule has 2 aromatic carbocycles. The van der Waals surface area contributed by atoms with Crippen molar-refractivity contribution in [1.29, 1.82) is 0 Å². The second-order valence-corrected chi connectivity index (χ2v) is 7.59. The van der Waals surface area contributed by atoms with E-state index in [9.17, 15) is 19.1 Å². The summed E-state index contributed by atoms with van der Waals surface area (Å²) < 4.78 is 11.5. The molecule has 0 spiro atoms. The van der Waals surface area contributed by atoms with Crippen molar-refractivity contribution in [2.24, 2.45) is 5.92 Å². The van der Waals surface area contributed by atoms with E-state index in [1.165, 1.54) is 0 Å². The maximum absolute atomic E-state index is 12.2. The zero-order chi connectivity index (χ0) is 16.3. The fourth-order valence-corrected chi connectivity index (χ4v) is 3.40. The Morgan fingerprint density at radius 3 is 2.36 bits per heavy atom. The van der Waals surface area contributed by atoms with Crippen LogP contribution in [-0.2, 0) is 9.36 Å². The van der Waals surface area contributed by atoms with E-state index in [-0.39, 0.29) is 12.3 Å². The molecule has 0 aromatic heterocycles. The van der Waals surface area contributed by atoms with Gasteiger partial charge in [0, 0.05) is 5.69 Å². The highest BCUT2D eigenvalue weighted by atomic mass is 31.2. The van der Waals surface area contributed by atoms with Gasteiger partial charge in [0.15, 0.2) is 0 Å². The molecule has 0 saturated heterocycles. The van der Waals surface area contributed by atoms with E-state index in [0.717, 1.165) is 10.8 Å². The summed E-state index contributed by atoms with van der Waals surface area (Å²) in [4.78, 5) is 31.0. The van der Waals surface area contributed by atoms with Crippen LogP contribution in [0.5, 0.6) is 0 Å². The Morgan fingerprint density at radius 2 is 1.77 bits per heavy atom. The number of amides is 1. The predicted octanol–water partition coefficient (Wildman–Crippen LogP) is 3.37. The van der Waals surface area contributed by atoms with Crippen molar-refractivity contribution in [3.63, 3.8) is 0 Å². The van der Waals surface area contributed by atoms with Crippen molar-refractivity contribution in [1.82, 2.24) is 0 Å². The third-order valence-corrected chi connectivity index (χ3v) is 4.68. The molecule has 118 valence electrons. The average molecular weight is 321 g/mol. The van der Waals surface area contributed by atoms with E-state index in [4.69, 9.17) is 0 Å². The highest BCUT2D eigenvalue weighted by Crippen LogP contribution is 2.44. The minimum Gasteiger partial charge on any atom is -0.325 e. The molecule has 0 fully saturated rings. The lowest BCUT2D eigenvalue weighted by Gasteiger charge is -2.19. The second-order valence-electron chi connectivity index (χ2n) is 5.79. The first kappa shape index (κ1) is 16.7. The van der Waals surface area contributed by atoms with Gasteiger partial charge in [0.2, 0.25) is 5.91 Å². The van der Waals surface area contributed by atoms with Gasteiger partial charge in [-0.15, -0.1) is 0 Å². The lowest BCUT2D eigenvalue weighted by atomic mass is 10.1. The summed E-state index contributed by atoms with van der Waals surface area (Å²) >= 11 is 0. The molecule has 2 rings (SSSR count). The summed E-state index contributed by atoms with van der Waals surface area (Å²) in [5, 5.41) is 4.61. The largest absolute Gasteiger partial charge is 0.337 e. The van der Waals surface area contributed by atoms with Crippen molar-refractivity contribution in [3.8, 4) is 0 Å². The van der Waals surface area contributed by atoms with Crippen LogP contribution in [0.15, 0.2) is 42.5 Å². The molecule has 0 bridgehead atoms. The van der Waals surface area contributed by atoms with Crippen LogP contribution in [0.2, 0.25) is 0 Å². The number of carbonyl (C=O) groups is 1. The van der Waals surface area contributed by atoms with Gasteiger partial charge in [-0.3, -0.25) is 9.36 Å². The molecule has 1 unspecified atom stereocenters. The number of rotatable bonds is 5. The van der Waals surface area contributed by atoms with Crippen LogP contribution in [0.1, 0.15) is 20.3 Å². The number of anilines is 1. The SMILES string of the molecule is CC(C)CC(C(=O)Nc1ccc2ccccc2c1)P(=O)(O)O. The third kappa shape index (κ3) is 4.17. The summed E-state index contributed by atoms with van der Waals surface area (Å²) in [5.41, 5.74) is -0.787. The molecule has 2 aromatic rings. The molecule has 5 nitrogen and oxygen atoms in total. The zero-order valence-electron chi connectivity index (χ0n) is 12.6. The van der Waals surface area contributed by atoms with Gasteiger partial charge in [0.1, 0.15) is 5.66 Å². The van der Waals surface area contributed by atoms with Crippen molar-refractivity contribution >= 4 is 30.0 Å². The lowest BCUT2D eigenvalue weighted by molar-refractivity contribution is -0.116. The Bertz CT molecular complexity index is 723. The van der Waals surface area contributed by atoms with E-state index in [1.807, 2.05) is 44.2 Å².